The first-order valence-electron chi connectivity index (χ1n) is 4.90. The van der Waals surface area contributed by atoms with Crippen molar-refractivity contribution >= 4 is 5.78 Å². The zero-order valence-electron chi connectivity index (χ0n) is 7.94. The Hall–Kier alpha value is -1.56. The number of hydrogen-bond donors (Lipinski definition) is 0. The largest absolute Gasteiger partial charge is 0.336 e. The lowest BCUT2D eigenvalue weighted by Crippen LogP contribution is -2.19. The third kappa shape index (κ3) is 1.56. The summed E-state index contributed by atoms with van der Waals surface area (Å²) in [6.45, 7) is 0. The fourth-order valence-corrected chi connectivity index (χ4v) is 2.05. The second-order valence-electron chi connectivity index (χ2n) is 3.70. The van der Waals surface area contributed by atoms with Crippen molar-refractivity contribution in [3.8, 4) is 6.07 Å². The van der Waals surface area contributed by atoms with Gasteiger partial charge in [0, 0.05) is 25.1 Å². The SMILES string of the molecule is N#Cc1cccn1C1CCCC(=O)C1. The third-order valence-corrected chi connectivity index (χ3v) is 2.74. The Labute approximate surface area is 83.0 Å². The van der Waals surface area contributed by atoms with Gasteiger partial charge in [-0.05, 0) is 25.0 Å². The van der Waals surface area contributed by atoms with E-state index in [1.54, 1.807) is 6.07 Å². The van der Waals surface area contributed by atoms with Gasteiger partial charge in [0.1, 0.15) is 17.5 Å². The number of ketones is 1. The van der Waals surface area contributed by atoms with E-state index >= 15 is 0 Å². The van der Waals surface area contributed by atoms with Gasteiger partial charge < -0.3 is 4.57 Å². The molecule has 72 valence electrons. The van der Waals surface area contributed by atoms with Gasteiger partial charge in [-0.3, -0.25) is 4.79 Å². The third-order valence-electron chi connectivity index (χ3n) is 2.74. The fraction of sp³-hybridized carbons (Fsp3) is 0.455. The molecule has 0 radical (unpaired) electrons. The molecule has 0 aromatic carbocycles. The zero-order chi connectivity index (χ0) is 9.97. The summed E-state index contributed by atoms with van der Waals surface area (Å²) in [5, 5.41) is 8.85. The number of Topliss-reactive ketones (excluding diaryl/α,β-unsaturated/α-hetero) is 1. The lowest BCUT2D eigenvalue weighted by Gasteiger charge is -2.23. The second-order valence-corrected chi connectivity index (χ2v) is 3.70. The van der Waals surface area contributed by atoms with Crippen molar-refractivity contribution < 1.29 is 4.79 Å². The monoisotopic (exact) mass is 188 g/mol. The van der Waals surface area contributed by atoms with E-state index in [4.69, 9.17) is 5.26 Å². The minimum Gasteiger partial charge on any atom is -0.336 e. The molecule has 0 N–H and O–H groups in total. The number of carbonyl (C=O) groups excluding carboxylic acids is 1. The average Bonchev–Trinajstić information content (AvgIpc) is 2.65. The van der Waals surface area contributed by atoms with E-state index in [1.807, 2.05) is 16.8 Å². The maximum atomic E-state index is 11.3. The van der Waals surface area contributed by atoms with Crippen LogP contribution in [0.5, 0.6) is 0 Å². The predicted molar refractivity (Wildman–Crippen MR) is 51.7 cm³/mol. The van der Waals surface area contributed by atoms with E-state index in [0.29, 0.717) is 24.3 Å². The topological polar surface area (TPSA) is 45.8 Å². The lowest BCUT2D eigenvalue weighted by molar-refractivity contribution is -0.121. The van der Waals surface area contributed by atoms with Crippen LogP contribution in [0.15, 0.2) is 18.3 Å². The van der Waals surface area contributed by atoms with Crippen LogP contribution in [0.2, 0.25) is 0 Å². The van der Waals surface area contributed by atoms with Crippen LogP contribution in [0.3, 0.4) is 0 Å². The summed E-state index contributed by atoms with van der Waals surface area (Å²) in [6.07, 6.45) is 5.15. The molecule has 1 aliphatic rings. The first-order chi connectivity index (χ1) is 6.81. The molecule has 1 saturated carbocycles. The second kappa shape index (κ2) is 3.67. The minimum atomic E-state index is 0.209. The normalized spacial score (nSPS) is 21.9. The van der Waals surface area contributed by atoms with Crippen LogP contribution >= 0.6 is 0 Å². The molecule has 0 amide bonds. The quantitative estimate of drug-likeness (QED) is 0.677. The highest BCUT2D eigenvalue weighted by molar-refractivity contribution is 5.79. The van der Waals surface area contributed by atoms with E-state index in [1.165, 1.54) is 0 Å². The fourth-order valence-electron chi connectivity index (χ4n) is 2.05. The summed E-state index contributed by atoms with van der Waals surface area (Å²) in [7, 11) is 0. The summed E-state index contributed by atoms with van der Waals surface area (Å²) < 4.78 is 1.93. The Balaban J connectivity index is 2.22. The molecular weight excluding hydrogens is 176 g/mol. The van der Waals surface area contributed by atoms with Crippen LogP contribution in [0.4, 0.5) is 0 Å². The molecule has 1 heterocycles. The molecule has 0 bridgehead atoms. The molecule has 1 aliphatic carbocycles. The molecule has 3 heteroatoms. The predicted octanol–water partition coefficient (Wildman–Crippen LogP) is 2.04. The first-order valence-corrected chi connectivity index (χ1v) is 4.90. The van der Waals surface area contributed by atoms with Gasteiger partial charge >= 0.3 is 0 Å². The molecule has 14 heavy (non-hydrogen) atoms. The Bertz CT molecular complexity index is 386. The number of nitriles is 1. The summed E-state index contributed by atoms with van der Waals surface area (Å²) in [6, 6.07) is 6.00. The highest BCUT2D eigenvalue weighted by Crippen LogP contribution is 2.27. The molecule has 0 aliphatic heterocycles. The van der Waals surface area contributed by atoms with Crippen molar-refractivity contribution in [2.45, 2.75) is 31.7 Å². The van der Waals surface area contributed by atoms with E-state index in [-0.39, 0.29) is 6.04 Å². The van der Waals surface area contributed by atoms with Gasteiger partial charge in [-0.15, -0.1) is 0 Å². The molecular formula is C11H12N2O. The van der Waals surface area contributed by atoms with Gasteiger partial charge in [-0.1, -0.05) is 0 Å². The zero-order valence-corrected chi connectivity index (χ0v) is 7.94. The van der Waals surface area contributed by atoms with Gasteiger partial charge in [-0.2, -0.15) is 5.26 Å². The summed E-state index contributed by atoms with van der Waals surface area (Å²) >= 11 is 0. The summed E-state index contributed by atoms with van der Waals surface area (Å²) in [5.74, 6) is 0.318. The van der Waals surface area contributed by atoms with Crippen LogP contribution in [-0.2, 0) is 4.79 Å². The number of aromatic nitrogens is 1. The van der Waals surface area contributed by atoms with Crippen LogP contribution < -0.4 is 0 Å². The maximum absolute atomic E-state index is 11.3. The molecule has 1 aromatic rings. The van der Waals surface area contributed by atoms with Crippen molar-refractivity contribution in [2.75, 3.05) is 0 Å². The van der Waals surface area contributed by atoms with Gasteiger partial charge in [0.25, 0.3) is 0 Å². The Kier molecular flexibility index (Phi) is 2.36. The van der Waals surface area contributed by atoms with Crippen molar-refractivity contribution in [3.05, 3.63) is 24.0 Å². The van der Waals surface area contributed by atoms with E-state index in [0.717, 1.165) is 12.8 Å². The van der Waals surface area contributed by atoms with E-state index in [2.05, 4.69) is 6.07 Å². The molecule has 0 spiro atoms. The number of hydrogen-bond acceptors (Lipinski definition) is 2. The number of rotatable bonds is 1. The van der Waals surface area contributed by atoms with Crippen molar-refractivity contribution in [1.29, 1.82) is 5.26 Å². The molecule has 1 aromatic heterocycles. The first kappa shape index (κ1) is 9.01. The summed E-state index contributed by atoms with van der Waals surface area (Å²) in [5.41, 5.74) is 0.657. The van der Waals surface area contributed by atoms with E-state index < -0.39 is 0 Å². The maximum Gasteiger partial charge on any atom is 0.134 e. The molecule has 1 atom stereocenters. The molecule has 1 fully saturated rings. The highest BCUT2D eigenvalue weighted by Gasteiger charge is 2.21. The van der Waals surface area contributed by atoms with Crippen LogP contribution in [0, 0.1) is 11.3 Å². The molecule has 0 saturated heterocycles. The lowest BCUT2D eigenvalue weighted by atomic mass is 9.94. The Morgan fingerprint density at radius 2 is 2.43 bits per heavy atom. The standard InChI is InChI=1S/C11H12N2O/c12-8-10-4-2-6-13(10)9-3-1-5-11(14)7-9/h2,4,6,9H,1,3,5,7H2. The van der Waals surface area contributed by atoms with Crippen LogP contribution in [0.1, 0.15) is 37.4 Å². The average molecular weight is 188 g/mol. The number of nitrogens with zero attached hydrogens (tertiary/aromatic N) is 2. The van der Waals surface area contributed by atoms with Gasteiger partial charge in [0.15, 0.2) is 0 Å². The highest BCUT2D eigenvalue weighted by atomic mass is 16.1. The van der Waals surface area contributed by atoms with Crippen molar-refractivity contribution in [1.82, 2.24) is 4.57 Å². The van der Waals surface area contributed by atoms with Crippen molar-refractivity contribution in [3.63, 3.8) is 0 Å². The van der Waals surface area contributed by atoms with Gasteiger partial charge in [0.2, 0.25) is 0 Å². The molecule has 2 rings (SSSR count). The van der Waals surface area contributed by atoms with E-state index in [9.17, 15) is 4.79 Å². The molecule has 1 unspecified atom stereocenters. The Morgan fingerprint density at radius 1 is 1.57 bits per heavy atom. The van der Waals surface area contributed by atoms with Crippen LogP contribution in [-0.4, -0.2) is 10.4 Å². The van der Waals surface area contributed by atoms with Crippen LogP contribution in [0.25, 0.3) is 0 Å². The number of carbonyl (C=O) groups is 1. The van der Waals surface area contributed by atoms with Crippen molar-refractivity contribution in [2.24, 2.45) is 0 Å². The summed E-state index contributed by atoms with van der Waals surface area (Å²) in [4.78, 5) is 11.3. The molecule has 3 nitrogen and oxygen atoms in total. The minimum absolute atomic E-state index is 0.209. The van der Waals surface area contributed by atoms with Gasteiger partial charge in [-0.25, -0.2) is 0 Å². The smallest absolute Gasteiger partial charge is 0.134 e. The Morgan fingerprint density at radius 3 is 3.14 bits per heavy atom. The van der Waals surface area contributed by atoms with Gasteiger partial charge in [0.05, 0.1) is 0 Å².